The Balaban J connectivity index is 2.19. The number of piperidine rings is 1. The third-order valence-corrected chi connectivity index (χ3v) is 4.00. The van der Waals surface area contributed by atoms with E-state index in [0.717, 1.165) is 32.5 Å². The second-order valence-electron chi connectivity index (χ2n) is 5.44. The number of nitrogens with one attached hydrogen (secondary N) is 2. The molecular formula is C15H22N4O3. The van der Waals surface area contributed by atoms with Gasteiger partial charge in [0.2, 0.25) is 0 Å². The van der Waals surface area contributed by atoms with Crippen LogP contribution in [0, 0.1) is 10.1 Å². The van der Waals surface area contributed by atoms with E-state index in [1.807, 2.05) is 0 Å². The van der Waals surface area contributed by atoms with Crippen LogP contribution in [0.5, 0.6) is 0 Å². The lowest BCUT2D eigenvalue weighted by molar-refractivity contribution is -0.384. The molecule has 0 aliphatic carbocycles. The summed E-state index contributed by atoms with van der Waals surface area (Å²) in [7, 11) is 1.50. The third kappa shape index (κ3) is 3.73. The minimum Gasteiger partial charge on any atom is -0.375 e. The smallest absolute Gasteiger partial charge is 0.293 e. The van der Waals surface area contributed by atoms with Gasteiger partial charge in [-0.2, -0.15) is 0 Å². The van der Waals surface area contributed by atoms with E-state index < -0.39 is 4.92 Å². The molecule has 1 aliphatic heterocycles. The van der Waals surface area contributed by atoms with E-state index in [2.05, 4.69) is 22.5 Å². The summed E-state index contributed by atoms with van der Waals surface area (Å²) in [5.74, 6) is -0.329. The number of carbonyl (C=O) groups excluding carboxylic acids is 1. The number of benzene rings is 1. The van der Waals surface area contributed by atoms with Crippen molar-refractivity contribution >= 4 is 17.3 Å². The Kier molecular flexibility index (Phi) is 5.32. The number of anilines is 1. The van der Waals surface area contributed by atoms with Gasteiger partial charge in [-0.15, -0.1) is 0 Å². The Morgan fingerprint density at radius 2 is 2.27 bits per heavy atom. The number of hydrogen-bond acceptors (Lipinski definition) is 5. The molecule has 1 aliphatic rings. The predicted molar refractivity (Wildman–Crippen MR) is 85.2 cm³/mol. The lowest BCUT2D eigenvalue weighted by Crippen LogP contribution is -2.41. The molecule has 1 fully saturated rings. The SMILES string of the molecule is CCN1CCCC(Nc2ccc(C(=O)NC)cc2[N+](=O)[O-])C1. The molecule has 1 unspecified atom stereocenters. The lowest BCUT2D eigenvalue weighted by atomic mass is 10.0. The molecule has 1 aromatic rings. The van der Waals surface area contributed by atoms with Crippen LogP contribution in [0.15, 0.2) is 18.2 Å². The van der Waals surface area contributed by atoms with Crippen LogP contribution in [0.25, 0.3) is 0 Å². The molecule has 0 bridgehead atoms. The molecule has 0 saturated carbocycles. The third-order valence-electron chi connectivity index (χ3n) is 4.00. The summed E-state index contributed by atoms with van der Waals surface area (Å²) in [4.78, 5) is 24.8. The van der Waals surface area contributed by atoms with E-state index in [9.17, 15) is 14.9 Å². The molecule has 1 aromatic carbocycles. The maximum Gasteiger partial charge on any atom is 0.293 e. The van der Waals surface area contributed by atoms with Crippen LogP contribution in [0.1, 0.15) is 30.1 Å². The molecule has 1 heterocycles. The minimum absolute atomic E-state index is 0.0604. The maximum atomic E-state index is 11.6. The van der Waals surface area contributed by atoms with Gasteiger partial charge >= 0.3 is 0 Å². The Labute approximate surface area is 129 Å². The van der Waals surface area contributed by atoms with Crippen molar-refractivity contribution < 1.29 is 9.72 Å². The standard InChI is InChI=1S/C15H22N4O3/c1-3-18-8-4-5-12(10-18)17-13-7-6-11(15(20)16-2)9-14(13)19(21)22/h6-7,9,12,17H,3-5,8,10H2,1-2H3,(H,16,20). The molecule has 2 N–H and O–H groups in total. The molecule has 0 aromatic heterocycles. The average molecular weight is 306 g/mol. The van der Waals surface area contributed by atoms with Gasteiger partial charge in [-0.1, -0.05) is 6.92 Å². The zero-order valence-electron chi connectivity index (χ0n) is 13.0. The van der Waals surface area contributed by atoms with Crippen molar-refractivity contribution in [3.63, 3.8) is 0 Å². The van der Waals surface area contributed by atoms with Crippen LogP contribution in [0.2, 0.25) is 0 Å². The number of nitro benzene ring substituents is 1. The van der Waals surface area contributed by atoms with Crippen LogP contribution < -0.4 is 10.6 Å². The molecule has 22 heavy (non-hydrogen) atoms. The van der Waals surface area contributed by atoms with Crippen LogP contribution in [0.3, 0.4) is 0 Å². The fraction of sp³-hybridized carbons (Fsp3) is 0.533. The molecule has 2 rings (SSSR count). The highest BCUT2D eigenvalue weighted by atomic mass is 16.6. The molecule has 120 valence electrons. The molecule has 7 nitrogen and oxygen atoms in total. The summed E-state index contributed by atoms with van der Waals surface area (Å²) in [6, 6.07) is 4.74. The van der Waals surface area contributed by atoms with Gasteiger partial charge in [0.1, 0.15) is 5.69 Å². The highest BCUT2D eigenvalue weighted by molar-refractivity contribution is 5.95. The summed E-state index contributed by atoms with van der Waals surface area (Å²) >= 11 is 0. The Morgan fingerprint density at radius 1 is 1.50 bits per heavy atom. The number of likely N-dealkylation sites (tertiary alicyclic amines) is 1. The van der Waals surface area contributed by atoms with Gasteiger partial charge in [-0.3, -0.25) is 14.9 Å². The van der Waals surface area contributed by atoms with Crippen molar-refractivity contribution in [2.75, 3.05) is 32.0 Å². The van der Waals surface area contributed by atoms with E-state index in [4.69, 9.17) is 0 Å². The van der Waals surface area contributed by atoms with Gasteiger partial charge in [0.05, 0.1) is 4.92 Å². The van der Waals surface area contributed by atoms with Gasteiger partial charge in [-0.05, 0) is 38.1 Å². The predicted octanol–water partition coefficient (Wildman–Crippen LogP) is 1.85. The van der Waals surface area contributed by atoms with E-state index in [1.54, 1.807) is 12.1 Å². The van der Waals surface area contributed by atoms with Gasteiger partial charge in [0.15, 0.2) is 0 Å². The number of rotatable bonds is 5. The molecule has 1 amide bonds. The first kappa shape index (κ1) is 16.2. The first-order valence-electron chi connectivity index (χ1n) is 7.54. The van der Waals surface area contributed by atoms with E-state index in [-0.39, 0.29) is 17.6 Å². The largest absolute Gasteiger partial charge is 0.375 e. The highest BCUT2D eigenvalue weighted by Gasteiger charge is 2.23. The normalized spacial score (nSPS) is 18.7. The fourth-order valence-corrected chi connectivity index (χ4v) is 2.77. The Bertz CT molecular complexity index is 562. The molecule has 0 radical (unpaired) electrons. The number of hydrogen-bond donors (Lipinski definition) is 2. The fourth-order valence-electron chi connectivity index (χ4n) is 2.77. The van der Waals surface area contributed by atoms with Crippen molar-refractivity contribution in [1.82, 2.24) is 10.2 Å². The summed E-state index contributed by atoms with van der Waals surface area (Å²) in [5, 5.41) is 17.0. The second kappa shape index (κ2) is 7.22. The second-order valence-corrected chi connectivity index (χ2v) is 5.44. The summed E-state index contributed by atoms with van der Waals surface area (Å²) in [5.41, 5.74) is 0.703. The number of likely N-dealkylation sites (N-methyl/N-ethyl adjacent to an activating group) is 1. The van der Waals surface area contributed by atoms with Crippen molar-refractivity contribution in [1.29, 1.82) is 0 Å². The van der Waals surface area contributed by atoms with E-state index >= 15 is 0 Å². The van der Waals surface area contributed by atoms with Crippen LogP contribution in [0.4, 0.5) is 11.4 Å². The average Bonchev–Trinajstić information content (AvgIpc) is 2.54. The lowest BCUT2D eigenvalue weighted by Gasteiger charge is -2.32. The first-order chi connectivity index (χ1) is 10.5. The molecule has 7 heteroatoms. The van der Waals surface area contributed by atoms with E-state index in [1.165, 1.54) is 13.1 Å². The molecule has 1 saturated heterocycles. The topological polar surface area (TPSA) is 87.5 Å². The number of nitrogens with zero attached hydrogens (tertiary/aromatic N) is 2. The highest BCUT2D eigenvalue weighted by Crippen LogP contribution is 2.27. The number of nitro groups is 1. The van der Waals surface area contributed by atoms with E-state index in [0.29, 0.717) is 11.3 Å². The van der Waals surface area contributed by atoms with Crippen molar-refractivity contribution in [3.8, 4) is 0 Å². The van der Waals surface area contributed by atoms with Crippen LogP contribution in [-0.2, 0) is 0 Å². The first-order valence-corrected chi connectivity index (χ1v) is 7.54. The van der Waals surface area contributed by atoms with Crippen molar-refractivity contribution in [2.24, 2.45) is 0 Å². The molecule has 0 spiro atoms. The maximum absolute atomic E-state index is 11.6. The van der Waals surface area contributed by atoms with Crippen LogP contribution >= 0.6 is 0 Å². The van der Waals surface area contributed by atoms with Gasteiger partial charge in [0.25, 0.3) is 11.6 Å². The molecular weight excluding hydrogens is 284 g/mol. The Hall–Kier alpha value is -2.15. The zero-order chi connectivity index (χ0) is 16.1. The number of amides is 1. The summed E-state index contributed by atoms with van der Waals surface area (Å²) in [6.45, 7) is 5.05. The number of carbonyl (C=O) groups is 1. The Morgan fingerprint density at radius 3 is 2.91 bits per heavy atom. The van der Waals surface area contributed by atoms with Crippen LogP contribution in [-0.4, -0.2) is 48.5 Å². The zero-order valence-corrected chi connectivity index (χ0v) is 13.0. The van der Waals surface area contributed by atoms with Gasteiger partial charge < -0.3 is 15.5 Å². The summed E-state index contributed by atoms with van der Waals surface area (Å²) < 4.78 is 0. The van der Waals surface area contributed by atoms with Crippen molar-refractivity contribution in [3.05, 3.63) is 33.9 Å². The van der Waals surface area contributed by atoms with Gasteiger partial charge in [-0.25, -0.2) is 0 Å². The monoisotopic (exact) mass is 306 g/mol. The quantitative estimate of drug-likeness (QED) is 0.640. The molecule has 1 atom stereocenters. The summed E-state index contributed by atoms with van der Waals surface area (Å²) in [6.07, 6.45) is 2.07. The van der Waals surface area contributed by atoms with Crippen molar-refractivity contribution in [2.45, 2.75) is 25.8 Å². The van der Waals surface area contributed by atoms with Gasteiger partial charge in [0, 0.05) is 31.3 Å². The minimum atomic E-state index is -0.449.